The van der Waals surface area contributed by atoms with Crippen LogP contribution in [0.2, 0.25) is 0 Å². The number of nitrogens with zero attached hydrogens (tertiary/aromatic N) is 3. The van der Waals surface area contributed by atoms with E-state index in [0.29, 0.717) is 26.1 Å². The van der Waals surface area contributed by atoms with Crippen molar-refractivity contribution < 1.29 is 9.53 Å². The van der Waals surface area contributed by atoms with Gasteiger partial charge in [-0.25, -0.2) is 0 Å². The molecule has 0 aliphatic heterocycles. The van der Waals surface area contributed by atoms with Crippen LogP contribution in [0.3, 0.4) is 0 Å². The monoisotopic (exact) mass is 212 g/mol. The maximum atomic E-state index is 11.0. The number of carbonyl (C=O) groups is 1. The van der Waals surface area contributed by atoms with Crippen molar-refractivity contribution in [1.29, 1.82) is 0 Å². The molecule has 0 amide bonds. The van der Waals surface area contributed by atoms with Crippen molar-refractivity contribution in [2.75, 3.05) is 13.2 Å². The van der Waals surface area contributed by atoms with Gasteiger partial charge in [0.2, 0.25) is 0 Å². The van der Waals surface area contributed by atoms with E-state index in [2.05, 4.69) is 15.6 Å². The number of aromatic nitrogens is 3. The fourth-order valence-corrected chi connectivity index (χ4v) is 1.11. The van der Waals surface area contributed by atoms with Crippen molar-refractivity contribution in [3.05, 3.63) is 11.9 Å². The van der Waals surface area contributed by atoms with Crippen LogP contribution in [0, 0.1) is 0 Å². The van der Waals surface area contributed by atoms with Gasteiger partial charge in [0.05, 0.1) is 24.9 Å². The van der Waals surface area contributed by atoms with Crippen molar-refractivity contribution in [3.8, 4) is 0 Å². The number of hydrogen-bond acceptors (Lipinski definition) is 5. The summed E-state index contributed by atoms with van der Waals surface area (Å²) in [6.07, 6.45) is 2.08. The zero-order valence-corrected chi connectivity index (χ0v) is 9.06. The number of esters is 1. The third-order valence-corrected chi connectivity index (χ3v) is 1.93. The third-order valence-electron chi connectivity index (χ3n) is 1.93. The zero-order chi connectivity index (χ0) is 11.1. The summed E-state index contributed by atoms with van der Waals surface area (Å²) in [5, 5.41) is 10.7. The van der Waals surface area contributed by atoms with Crippen molar-refractivity contribution >= 4 is 5.97 Å². The number of aryl methyl sites for hydroxylation is 1. The molecule has 0 aliphatic carbocycles. The summed E-state index contributed by atoms with van der Waals surface area (Å²) in [4.78, 5) is 11.0. The van der Waals surface area contributed by atoms with E-state index < -0.39 is 0 Å². The van der Waals surface area contributed by atoms with Gasteiger partial charge in [0, 0.05) is 20.1 Å². The number of ether oxygens (including phenoxy) is 1. The van der Waals surface area contributed by atoms with Gasteiger partial charge in [-0.15, -0.1) is 5.10 Å². The lowest BCUT2D eigenvalue weighted by Crippen LogP contribution is -2.20. The number of hydrogen-bond donors (Lipinski definition) is 1. The lowest BCUT2D eigenvalue weighted by atomic mass is 10.4. The van der Waals surface area contributed by atoms with Crippen LogP contribution in [-0.4, -0.2) is 34.1 Å². The molecular formula is C9H16N4O2. The zero-order valence-electron chi connectivity index (χ0n) is 9.06. The van der Waals surface area contributed by atoms with E-state index in [1.165, 1.54) is 0 Å². The van der Waals surface area contributed by atoms with E-state index in [-0.39, 0.29) is 5.97 Å². The van der Waals surface area contributed by atoms with Crippen LogP contribution in [-0.2, 0) is 23.1 Å². The highest BCUT2D eigenvalue weighted by atomic mass is 16.5. The molecule has 0 unspecified atom stereocenters. The Morgan fingerprint density at radius 2 is 2.47 bits per heavy atom. The molecule has 1 aromatic heterocycles. The SMILES string of the molecule is CCOC(=O)CCNCc1cnnn1C. The van der Waals surface area contributed by atoms with Crippen LogP contribution in [0.5, 0.6) is 0 Å². The first-order valence-electron chi connectivity index (χ1n) is 4.94. The lowest BCUT2D eigenvalue weighted by molar-refractivity contribution is -0.142. The van der Waals surface area contributed by atoms with E-state index >= 15 is 0 Å². The molecule has 15 heavy (non-hydrogen) atoms. The minimum atomic E-state index is -0.173. The minimum absolute atomic E-state index is 0.173. The molecule has 1 rings (SSSR count). The molecule has 0 saturated carbocycles. The van der Waals surface area contributed by atoms with E-state index in [1.54, 1.807) is 17.8 Å². The first-order valence-corrected chi connectivity index (χ1v) is 4.94. The molecule has 1 heterocycles. The summed E-state index contributed by atoms with van der Waals surface area (Å²) >= 11 is 0. The molecule has 84 valence electrons. The Labute approximate surface area is 88.6 Å². The summed E-state index contributed by atoms with van der Waals surface area (Å²) < 4.78 is 6.49. The van der Waals surface area contributed by atoms with Gasteiger partial charge in [0.1, 0.15) is 0 Å². The van der Waals surface area contributed by atoms with Crippen molar-refractivity contribution in [2.24, 2.45) is 7.05 Å². The molecule has 0 saturated heterocycles. The van der Waals surface area contributed by atoms with Gasteiger partial charge < -0.3 is 10.1 Å². The van der Waals surface area contributed by atoms with Crippen LogP contribution in [0.15, 0.2) is 6.20 Å². The Balaban J connectivity index is 2.12. The number of carbonyl (C=O) groups excluding carboxylic acids is 1. The fourth-order valence-electron chi connectivity index (χ4n) is 1.11. The Hall–Kier alpha value is -1.43. The smallest absolute Gasteiger partial charge is 0.307 e. The lowest BCUT2D eigenvalue weighted by Gasteiger charge is -2.04. The molecule has 0 radical (unpaired) electrons. The van der Waals surface area contributed by atoms with Crippen LogP contribution >= 0.6 is 0 Å². The molecule has 0 bridgehead atoms. The Morgan fingerprint density at radius 1 is 1.67 bits per heavy atom. The molecule has 0 aromatic carbocycles. The predicted octanol–water partition coefficient (Wildman–Crippen LogP) is -0.142. The highest BCUT2D eigenvalue weighted by Gasteiger charge is 2.02. The molecular weight excluding hydrogens is 196 g/mol. The Kier molecular flexibility index (Phi) is 4.76. The van der Waals surface area contributed by atoms with Crippen LogP contribution in [0.4, 0.5) is 0 Å². The highest BCUT2D eigenvalue weighted by Crippen LogP contribution is 1.92. The van der Waals surface area contributed by atoms with Gasteiger partial charge in [-0.3, -0.25) is 9.48 Å². The second-order valence-electron chi connectivity index (χ2n) is 3.08. The van der Waals surface area contributed by atoms with Crippen molar-refractivity contribution in [2.45, 2.75) is 19.9 Å². The molecule has 1 N–H and O–H groups in total. The van der Waals surface area contributed by atoms with Gasteiger partial charge in [-0.05, 0) is 6.92 Å². The van der Waals surface area contributed by atoms with E-state index in [0.717, 1.165) is 5.69 Å². The van der Waals surface area contributed by atoms with Crippen LogP contribution in [0.1, 0.15) is 19.0 Å². The molecule has 0 aliphatic rings. The average molecular weight is 212 g/mol. The van der Waals surface area contributed by atoms with Gasteiger partial charge in [0.15, 0.2) is 0 Å². The molecule has 0 spiro atoms. The van der Waals surface area contributed by atoms with Gasteiger partial charge >= 0.3 is 5.97 Å². The van der Waals surface area contributed by atoms with E-state index in [9.17, 15) is 4.79 Å². The Morgan fingerprint density at radius 3 is 3.07 bits per heavy atom. The largest absolute Gasteiger partial charge is 0.466 e. The summed E-state index contributed by atoms with van der Waals surface area (Å²) in [6, 6.07) is 0. The maximum Gasteiger partial charge on any atom is 0.307 e. The maximum absolute atomic E-state index is 11.0. The first-order chi connectivity index (χ1) is 7.24. The number of nitrogens with one attached hydrogen (secondary N) is 1. The molecule has 6 nitrogen and oxygen atoms in total. The predicted molar refractivity (Wildman–Crippen MR) is 54.0 cm³/mol. The van der Waals surface area contributed by atoms with E-state index in [1.807, 2.05) is 7.05 Å². The topological polar surface area (TPSA) is 69.0 Å². The number of rotatable bonds is 6. The first kappa shape index (κ1) is 11.6. The standard InChI is InChI=1S/C9H16N4O2/c1-3-15-9(14)4-5-10-6-8-7-11-12-13(8)2/h7,10H,3-6H2,1-2H3. The fraction of sp³-hybridized carbons (Fsp3) is 0.667. The van der Waals surface area contributed by atoms with Crippen molar-refractivity contribution in [3.63, 3.8) is 0 Å². The van der Waals surface area contributed by atoms with E-state index in [4.69, 9.17) is 4.74 Å². The molecule has 0 atom stereocenters. The Bertz CT molecular complexity index is 311. The molecule has 0 fully saturated rings. The van der Waals surface area contributed by atoms with Crippen LogP contribution in [0.25, 0.3) is 0 Å². The third kappa shape index (κ3) is 4.07. The second kappa shape index (κ2) is 6.13. The molecule has 1 aromatic rings. The average Bonchev–Trinajstić information content (AvgIpc) is 2.60. The van der Waals surface area contributed by atoms with Crippen molar-refractivity contribution in [1.82, 2.24) is 20.3 Å². The summed E-state index contributed by atoms with van der Waals surface area (Å²) in [5.74, 6) is -0.173. The minimum Gasteiger partial charge on any atom is -0.466 e. The normalized spacial score (nSPS) is 10.3. The van der Waals surface area contributed by atoms with Gasteiger partial charge in [-0.1, -0.05) is 5.21 Å². The molecule has 6 heteroatoms. The quantitative estimate of drug-likeness (QED) is 0.525. The summed E-state index contributed by atoms with van der Waals surface area (Å²) in [5.41, 5.74) is 0.985. The highest BCUT2D eigenvalue weighted by molar-refractivity contribution is 5.69. The van der Waals surface area contributed by atoms with Gasteiger partial charge in [-0.2, -0.15) is 0 Å². The second-order valence-corrected chi connectivity index (χ2v) is 3.08. The van der Waals surface area contributed by atoms with Gasteiger partial charge in [0.25, 0.3) is 0 Å². The summed E-state index contributed by atoms with van der Waals surface area (Å²) in [6.45, 7) is 3.49. The summed E-state index contributed by atoms with van der Waals surface area (Å²) in [7, 11) is 1.83. The van der Waals surface area contributed by atoms with Crippen LogP contribution < -0.4 is 5.32 Å².